The predicted octanol–water partition coefficient (Wildman–Crippen LogP) is 4.05. The van der Waals surface area contributed by atoms with E-state index in [4.69, 9.17) is 0 Å². The molecule has 0 saturated heterocycles. The highest BCUT2D eigenvalue weighted by Gasteiger charge is 2.07. The maximum atomic E-state index is 4.66. The molecule has 1 aromatic heterocycles. The Balaban J connectivity index is 2.44. The third-order valence-electron chi connectivity index (χ3n) is 3.89. The lowest BCUT2D eigenvalue weighted by molar-refractivity contribution is 0.535. The fourth-order valence-corrected chi connectivity index (χ4v) is 2.28. The number of hydrogen-bond donors (Lipinski definition) is 1. The average Bonchev–Trinajstić information content (AvgIpc) is 2.37. The summed E-state index contributed by atoms with van der Waals surface area (Å²) >= 11 is 0. The zero-order chi connectivity index (χ0) is 14.0. The fraction of sp³-hybridized carbons (Fsp3) is 0.471. The van der Waals surface area contributed by atoms with Crippen molar-refractivity contribution in [2.24, 2.45) is 0 Å². The van der Waals surface area contributed by atoms with Gasteiger partial charge in [-0.25, -0.2) is 0 Å². The third kappa shape index (κ3) is 3.13. The van der Waals surface area contributed by atoms with E-state index in [1.807, 2.05) is 0 Å². The monoisotopic (exact) mass is 256 g/mol. The number of benzene rings is 1. The Morgan fingerprint density at radius 3 is 2.47 bits per heavy atom. The Morgan fingerprint density at radius 1 is 1.11 bits per heavy atom. The second-order valence-corrected chi connectivity index (χ2v) is 5.57. The van der Waals surface area contributed by atoms with E-state index in [-0.39, 0.29) is 0 Å². The quantitative estimate of drug-likeness (QED) is 0.892. The topological polar surface area (TPSA) is 24.9 Å². The second kappa shape index (κ2) is 5.70. The molecule has 102 valence electrons. The van der Waals surface area contributed by atoms with E-state index in [9.17, 15) is 0 Å². The molecule has 0 saturated carbocycles. The summed E-state index contributed by atoms with van der Waals surface area (Å²) in [6.07, 6.45) is 1.15. The highest BCUT2D eigenvalue weighted by molar-refractivity contribution is 5.84. The standard InChI is InChI=1S/C17H24N2/c1-6-13(4)18-10-15-9-14(5)19-17-8-12(3)11(2)7-16(15)17/h7-9,13,18H,6,10H2,1-5H3. The van der Waals surface area contributed by atoms with Crippen LogP contribution in [0.2, 0.25) is 0 Å². The maximum absolute atomic E-state index is 4.66. The zero-order valence-corrected chi connectivity index (χ0v) is 12.7. The second-order valence-electron chi connectivity index (χ2n) is 5.57. The van der Waals surface area contributed by atoms with E-state index in [1.165, 1.54) is 22.1 Å². The first-order chi connectivity index (χ1) is 9.01. The van der Waals surface area contributed by atoms with Crippen molar-refractivity contribution in [3.05, 3.63) is 40.6 Å². The molecule has 0 aliphatic heterocycles. The first-order valence-electron chi connectivity index (χ1n) is 7.12. The third-order valence-corrected chi connectivity index (χ3v) is 3.89. The molecule has 0 fully saturated rings. The van der Waals surface area contributed by atoms with Crippen molar-refractivity contribution in [1.29, 1.82) is 0 Å². The van der Waals surface area contributed by atoms with E-state index >= 15 is 0 Å². The van der Waals surface area contributed by atoms with Gasteiger partial charge in [-0.3, -0.25) is 4.98 Å². The van der Waals surface area contributed by atoms with Gasteiger partial charge in [-0.1, -0.05) is 6.92 Å². The minimum absolute atomic E-state index is 0.551. The molecule has 1 unspecified atom stereocenters. The molecule has 19 heavy (non-hydrogen) atoms. The van der Waals surface area contributed by atoms with Crippen LogP contribution in [0.4, 0.5) is 0 Å². The Bertz CT molecular complexity index is 587. The van der Waals surface area contributed by atoms with Gasteiger partial charge in [0, 0.05) is 23.7 Å². The van der Waals surface area contributed by atoms with Crippen LogP contribution in [0.25, 0.3) is 10.9 Å². The number of rotatable bonds is 4. The summed E-state index contributed by atoms with van der Waals surface area (Å²) in [5.41, 5.74) is 6.21. The molecule has 0 aliphatic carbocycles. The van der Waals surface area contributed by atoms with Crippen LogP contribution in [-0.4, -0.2) is 11.0 Å². The van der Waals surface area contributed by atoms with Gasteiger partial charge in [0.1, 0.15) is 0 Å². The van der Waals surface area contributed by atoms with E-state index in [0.717, 1.165) is 24.2 Å². The van der Waals surface area contributed by atoms with Crippen molar-refractivity contribution < 1.29 is 0 Å². The minimum Gasteiger partial charge on any atom is -0.310 e. The van der Waals surface area contributed by atoms with E-state index in [2.05, 4.69) is 63.1 Å². The first-order valence-corrected chi connectivity index (χ1v) is 7.12. The lowest BCUT2D eigenvalue weighted by Gasteiger charge is -2.14. The fourth-order valence-electron chi connectivity index (χ4n) is 2.28. The first kappa shape index (κ1) is 14.0. The molecule has 2 rings (SSSR count). The van der Waals surface area contributed by atoms with Crippen LogP contribution in [0.1, 0.15) is 42.7 Å². The molecule has 0 spiro atoms. The van der Waals surface area contributed by atoms with Crippen molar-refractivity contribution in [2.75, 3.05) is 0 Å². The molecular weight excluding hydrogens is 232 g/mol. The normalized spacial score (nSPS) is 12.9. The number of pyridine rings is 1. The van der Waals surface area contributed by atoms with Crippen molar-refractivity contribution >= 4 is 10.9 Å². The summed E-state index contributed by atoms with van der Waals surface area (Å²) in [6.45, 7) is 11.7. The summed E-state index contributed by atoms with van der Waals surface area (Å²) in [5.74, 6) is 0. The molecule has 0 aliphatic rings. The molecule has 1 N–H and O–H groups in total. The van der Waals surface area contributed by atoms with Crippen molar-refractivity contribution in [3.63, 3.8) is 0 Å². The van der Waals surface area contributed by atoms with Gasteiger partial charge in [-0.2, -0.15) is 0 Å². The molecule has 2 heteroatoms. The number of aryl methyl sites for hydroxylation is 3. The van der Waals surface area contributed by atoms with Gasteiger partial charge in [-0.15, -0.1) is 0 Å². The van der Waals surface area contributed by atoms with Gasteiger partial charge < -0.3 is 5.32 Å². The minimum atomic E-state index is 0.551. The van der Waals surface area contributed by atoms with E-state index in [0.29, 0.717) is 6.04 Å². The van der Waals surface area contributed by atoms with Gasteiger partial charge in [0.05, 0.1) is 5.52 Å². The van der Waals surface area contributed by atoms with Gasteiger partial charge in [0.15, 0.2) is 0 Å². The number of hydrogen-bond acceptors (Lipinski definition) is 2. The molecule has 0 bridgehead atoms. The molecule has 1 heterocycles. The number of nitrogens with zero attached hydrogens (tertiary/aromatic N) is 1. The van der Waals surface area contributed by atoms with Crippen molar-refractivity contribution in [1.82, 2.24) is 10.3 Å². The molecule has 2 aromatic rings. The highest BCUT2D eigenvalue weighted by atomic mass is 14.9. The molecule has 2 nitrogen and oxygen atoms in total. The van der Waals surface area contributed by atoms with Crippen LogP contribution < -0.4 is 5.32 Å². The van der Waals surface area contributed by atoms with Gasteiger partial charge in [0.2, 0.25) is 0 Å². The summed E-state index contributed by atoms with van der Waals surface area (Å²) in [6, 6.07) is 7.22. The summed E-state index contributed by atoms with van der Waals surface area (Å²) in [4.78, 5) is 4.66. The summed E-state index contributed by atoms with van der Waals surface area (Å²) in [5, 5.41) is 4.86. The smallest absolute Gasteiger partial charge is 0.0711 e. The average molecular weight is 256 g/mol. The Morgan fingerprint density at radius 2 is 1.79 bits per heavy atom. The van der Waals surface area contributed by atoms with Crippen molar-refractivity contribution in [2.45, 2.75) is 53.6 Å². The number of aromatic nitrogens is 1. The van der Waals surface area contributed by atoms with Crippen LogP contribution in [0.5, 0.6) is 0 Å². The van der Waals surface area contributed by atoms with Gasteiger partial charge in [0.25, 0.3) is 0 Å². The molecule has 1 aromatic carbocycles. The van der Waals surface area contributed by atoms with E-state index < -0.39 is 0 Å². The molecule has 0 radical (unpaired) electrons. The van der Waals surface area contributed by atoms with Crippen LogP contribution in [-0.2, 0) is 6.54 Å². The van der Waals surface area contributed by atoms with Crippen LogP contribution in [0, 0.1) is 20.8 Å². The summed E-state index contributed by atoms with van der Waals surface area (Å²) in [7, 11) is 0. The largest absolute Gasteiger partial charge is 0.310 e. The zero-order valence-electron chi connectivity index (χ0n) is 12.7. The van der Waals surface area contributed by atoms with Gasteiger partial charge in [-0.05, 0) is 69.0 Å². The molecule has 1 atom stereocenters. The Hall–Kier alpha value is -1.41. The highest BCUT2D eigenvalue weighted by Crippen LogP contribution is 2.22. The number of fused-ring (bicyclic) bond motifs is 1. The lowest BCUT2D eigenvalue weighted by Crippen LogP contribution is -2.24. The maximum Gasteiger partial charge on any atom is 0.0711 e. The van der Waals surface area contributed by atoms with Crippen LogP contribution >= 0.6 is 0 Å². The SMILES string of the molecule is CCC(C)NCc1cc(C)nc2cc(C)c(C)cc12. The number of nitrogens with one attached hydrogen (secondary N) is 1. The van der Waals surface area contributed by atoms with Crippen LogP contribution in [0.3, 0.4) is 0 Å². The Labute approximate surface area is 116 Å². The van der Waals surface area contributed by atoms with Crippen molar-refractivity contribution in [3.8, 4) is 0 Å². The molecule has 0 amide bonds. The summed E-state index contributed by atoms with van der Waals surface area (Å²) < 4.78 is 0. The lowest BCUT2D eigenvalue weighted by atomic mass is 10.0. The van der Waals surface area contributed by atoms with Gasteiger partial charge >= 0.3 is 0 Å². The Kier molecular flexibility index (Phi) is 4.20. The van der Waals surface area contributed by atoms with Crippen LogP contribution in [0.15, 0.2) is 18.2 Å². The predicted molar refractivity (Wildman–Crippen MR) is 82.5 cm³/mol. The van der Waals surface area contributed by atoms with E-state index in [1.54, 1.807) is 0 Å². The molecular formula is C17H24N2.